The average Bonchev–Trinajstić information content (AvgIpc) is 2.72. The number of nitrogens with zero attached hydrogens (tertiary/aromatic N) is 1. The maximum absolute atomic E-state index is 13.2. The van der Waals surface area contributed by atoms with E-state index in [0.717, 1.165) is 11.6 Å². The van der Waals surface area contributed by atoms with Crippen LogP contribution in [-0.4, -0.2) is 17.5 Å². The number of rotatable bonds is 5. The molecule has 0 spiro atoms. The molecule has 0 heterocycles. The van der Waals surface area contributed by atoms with E-state index < -0.39 is 11.7 Å². The van der Waals surface area contributed by atoms with Crippen LogP contribution in [0.2, 0.25) is 10.0 Å². The summed E-state index contributed by atoms with van der Waals surface area (Å²) in [6.45, 7) is 1.72. The lowest BCUT2D eigenvalue weighted by atomic mass is 10.1. The number of carbonyl (C=O) groups is 2. The van der Waals surface area contributed by atoms with Gasteiger partial charge >= 0.3 is 0 Å². The molecule has 0 fully saturated rings. The summed E-state index contributed by atoms with van der Waals surface area (Å²) in [5.74, 6) is -1.38. The first kappa shape index (κ1) is 21.5. The van der Waals surface area contributed by atoms with Gasteiger partial charge in [-0.25, -0.2) is 9.82 Å². The highest BCUT2D eigenvalue weighted by atomic mass is 35.5. The van der Waals surface area contributed by atoms with Crippen molar-refractivity contribution in [3.8, 4) is 0 Å². The lowest BCUT2D eigenvalue weighted by molar-refractivity contribution is 0.0953. The Bertz CT molecular complexity index is 1130. The minimum absolute atomic E-state index is 0.172. The van der Waals surface area contributed by atoms with E-state index in [2.05, 4.69) is 15.8 Å². The van der Waals surface area contributed by atoms with Crippen LogP contribution in [0.1, 0.15) is 33.2 Å². The monoisotopic (exact) mass is 443 g/mol. The Balaban J connectivity index is 1.65. The molecule has 0 aliphatic carbocycles. The Labute approximate surface area is 182 Å². The van der Waals surface area contributed by atoms with Crippen molar-refractivity contribution in [2.45, 2.75) is 6.92 Å². The molecule has 0 aromatic heterocycles. The smallest absolute Gasteiger partial charge is 0.271 e. The van der Waals surface area contributed by atoms with Crippen LogP contribution in [0.5, 0.6) is 0 Å². The Kier molecular flexibility index (Phi) is 6.82. The van der Waals surface area contributed by atoms with Crippen molar-refractivity contribution >= 4 is 46.4 Å². The van der Waals surface area contributed by atoms with E-state index in [1.54, 1.807) is 43.3 Å². The molecule has 5 nitrogen and oxygen atoms in total. The zero-order valence-electron chi connectivity index (χ0n) is 15.7. The second-order valence-corrected chi connectivity index (χ2v) is 7.15. The molecule has 0 saturated heterocycles. The van der Waals surface area contributed by atoms with Gasteiger partial charge in [0.15, 0.2) is 0 Å². The van der Waals surface area contributed by atoms with Crippen LogP contribution in [-0.2, 0) is 0 Å². The number of nitrogens with one attached hydrogen (secondary N) is 2. The van der Waals surface area contributed by atoms with Gasteiger partial charge in [0.2, 0.25) is 0 Å². The predicted octanol–water partition coefficient (Wildman–Crippen LogP) is 5.54. The summed E-state index contributed by atoms with van der Waals surface area (Å²) >= 11 is 11.9. The molecule has 152 valence electrons. The molecule has 8 heteroatoms. The molecule has 0 unspecified atom stereocenters. The van der Waals surface area contributed by atoms with Crippen LogP contribution < -0.4 is 10.7 Å². The SMILES string of the molecule is C/C(=N/NC(=O)c1cccc(F)c1)c1ccc(NC(=O)c2ccc(Cl)cc2Cl)cc1. The molecule has 3 aromatic rings. The topological polar surface area (TPSA) is 70.6 Å². The van der Waals surface area contributed by atoms with Crippen molar-refractivity contribution in [3.63, 3.8) is 0 Å². The van der Waals surface area contributed by atoms with Crippen molar-refractivity contribution in [1.82, 2.24) is 5.43 Å². The number of benzene rings is 3. The summed E-state index contributed by atoms with van der Waals surface area (Å²) in [4.78, 5) is 24.4. The number of anilines is 1. The predicted molar refractivity (Wildman–Crippen MR) is 117 cm³/mol. The zero-order chi connectivity index (χ0) is 21.7. The summed E-state index contributed by atoms with van der Waals surface area (Å²) in [5, 5.41) is 7.49. The molecule has 0 bridgehead atoms. The van der Waals surface area contributed by atoms with Crippen LogP contribution >= 0.6 is 23.2 Å². The molecule has 3 rings (SSSR count). The van der Waals surface area contributed by atoms with Crippen molar-refractivity contribution in [2.24, 2.45) is 5.10 Å². The van der Waals surface area contributed by atoms with E-state index in [1.165, 1.54) is 24.3 Å². The van der Waals surface area contributed by atoms with Crippen LogP contribution in [0.15, 0.2) is 71.8 Å². The van der Waals surface area contributed by atoms with Gasteiger partial charge in [-0.1, -0.05) is 41.4 Å². The van der Waals surface area contributed by atoms with Crippen LogP contribution in [0.25, 0.3) is 0 Å². The summed E-state index contributed by atoms with van der Waals surface area (Å²) in [6.07, 6.45) is 0. The quantitative estimate of drug-likeness (QED) is 0.401. The highest BCUT2D eigenvalue weighted by Gasteiger charge is 2.11. The standard InChI is InChI=1S/C22H16Cl2FN3O2/c1-13(27-28-21(29)15-3-2-4-17(25)11-15)14-5-8-18(9-6-14)26-22(30)19-10-7-16(23)12-20(19)24/h2-12H,1H3,(H,26,30)(H,28,29)/b27-13-. The van der Waals surface area contributed by atoms with Crippen molar-refractivity contribution in [1.29, 1.82) is 0 Å². The molecule has 0 aliphatic rings. The molecule has 0 atom stereocenters. The van der Waals surface area contributed by atoms with Gasteiger partial charge in [-0.15, -0.1) is 0 Å². The summed E-state index contributed by atoms with van der Waals surface area (Å²) in [7, 11) is 0. The molecule has 0 radical (unpaired) electrons. The third kappa shape index (κ3) is 5.43. The number of halogens is 3. The lowest BCUT2D eigenvalue weighted by Crippen LogP contribution is -2.19. The van der Waals surface area contributed by atoms with E-state index in [-0.39, 0.29) is 16.5 Å². The van der Waals surface area contributed by atoms with Gasteiger partial charge in [0.1, 0.15) is 5.82 Å². The number of carbonyl (C=O) groups excluding carboxylic acids is 2. The van der Waals surface area contributed by atoms with E-state index in [4.69, 9.17) is 23.2 Å². The maximum atomic E-state index is 13.2. The Morgan fingerprint density at radius 3 is 2.30 bits per heavy atom. The van der Waals surface area contributed by atoms with Crippen LogP contribution in [0.3, 0.4) is 0 Å². The highest BCUT2D eigenvalue weighted by molar-refractivity contribution is 6.37. The van der Waals surface area contributed by atoms with E-state index >= 15 is 0 Å². The number of hydrogen-bond donors (Lipinski definition) is 2. The summed E-state index contributed by atoms with van der Waals surface area (Å²) in [6, 6.07) is 16.8. The van der Waals surface area contributed by atoms with Gasteiger partial charge in [0.05, 0.1) is 16.3 Å². The van der Waals surface area contributed by atoms with Crippen LogP contribution in [0, 0.1) is 5.82 Å². The minimum Gasteiger partial charge on any atom is -0.322 e. The first-order chi connectivity index (χ1) is 14.3. The van der Waals surface area contributed by atoms with Crippen LogP contribution in [0.4, 0.5) is 10.1 Å². The number of amides is 2. The normalized spacial score (nSPS) is 11.1. The van der Waals surface area contributed by atoms with E-state index in [0.29, 0.717) is 22.0 Å². The fourth-order valence-corrected chi connectivity index (χ4v) is 3.05. The molecular formula is C22H16Cl2FN3O2. The van der Waals surface area contributed by atoms with Gasteiger partial charge < -0.3 is 5.32 Å². The molecule has 0 saturated carbocycles. The molecule has 0 aliphatic heterocycles. The largest absolute Gasteiger partial charge is 0.322 e. The van der Waals surface area contributed by atoms with Crippen molar-refractivity contribution in [3.05, 3.63) is 99.3 Å². The Morgan fingerprint density at radius 1 is 0.900 bits per heavy atom. The second kappa shape index (κ2) is 9.52. The summed E-state index contributed by atoms with van der Waals surface area (Å²) in [5.41, 5.74) is 4.71. The third-order valence-electron chi connectivity index (χ3n) is 4.15. The average molecular weight is 444 g/mol. The Hall–Kier alpha value is -3.22. The van der Waals surface area contributed by atoms with E-state index in [9.17, 15) is 14.0 Å². The van der Waals surface area contributed by atoms with Gasteiger partial charge in [0.25, 0.3) is 11.8 Å². The van der Waals surface area contributed by atoms with Gasteiger partial charge in [-0.05, 0) is 61.0 Å². The molecular weight excluding hydrogens is 428 g/mol. The Morgan fingerprint density at radius 2 is 1.63 bits per heavy atom. The maximum Gasteiger partial charge on any atom is 0.271 e. The molecule has 2 amide bonds. The number of hydrazone groups is 1. The first-order valence-electron chi connectivity index (χ1n) is 8.80. The first-order valence-corrected chi connectivity index (χ1v) is 9.56. The minimum atomic E-state index is -0.516. The van der Waals surface area contributed by atoms with Gasteiger partial charge in [-0.3, -0.25) is 9.59 Å². The highest BCUT2D eigenvalue weighted by Crippen LogP contribution is 2.22. The lowest BCUT2D eigenvalue weighted by Gasteiger charge is -2.08. The molecule has 3 aromatic carbocycles. The fourth-order valence-electron chi connectivity index (χ4n) is 2.56. The van der Waals surface area contributed by atoms with Crippen molar-refractivity contribution in [2.75, 3.05) is 5.32 Å². The second-order valence-electron chi connectivity index (χ2n) is 6.30. The fraction of sp³-hybridized carbons (Fsp3) is 0.0455. The van der Waals surface area contributed by atoms with Gasteiger partial charge in [0, 0.05) is 16.3 Å². The zero-order valence-corrected chi connectivity index (χ0v) is 17.3. The van der Waals surface area contributed by atoms with E-state index in [1.807, 2.05) is 0 Å². The summed E-state index contributed by atoms with van der Waals surface area (Å²) < 4.78 is 13.2. The molecule has 2 N–H and O–H groups in total. The van der Waals surface area contributed by atoms with Crippen molar-refractivity contribution < 1.29 is 14.0 Å². The molecule has 30 heavy (non-hydrogen) atoms. The number of hydrogen-bond acceptors (Lipinski definition) is 3. The third-order valence-corrected chi connectivity index (χ3v) is 4.70. The van der Waals surface area contributed by atoms with Gasteiger partial charge in [-0.2, -0.15) is 5.10 Å².